The van der Waals surface area contributed by atoms with Crippen LogP contribution in [0.5, 0.6) is 0 Å². The number of fused-ring (bicyclic) bond motifs is 1. The number of benzene rings is 1. The van der Waals surface area contributed by atoms with Crippen LogP contribution in [0.15, 0.2) is 35.5 Å². The molecule has 0 radical (unpaired) electrons. The van der Waals surface area contributed by atoms with Crippen molar-refractivity contribution in [3.8, 4) is 5.95 Å². The van der Waals surface area contributed by atoms with Crippen molar-refractivity contribution in [2.24, 2.45) is 16.5 Å². The van der Waals surface area contributed by atoms with Gasteiger partial charge in [0.05, 0.1) is 11.7 Å². The maximum absolute atomic E-state index is 5.21. The van der Waals surface area contributed by atoms with Gasteiger partial charge in [-0.25, -0.2) is 0 Å². The molecule has 3 aromatic rings. The predicted octanol–water partition coefficient (Wildman–Crippen LogP) is -0.490. The Morgan fingerprint density at radius 2 is 1.79 bits per heavy atom. The van der Waals surface area contributed by atoms with Crippen LogP contribution < -0.4 is 11.5 Å². The molecule has 3 rings (SSSR count). The van der Waals surface area contributed by atoms with Crippen molar-refractivity contribution < 1.29 is 0 Å². The second-order valence-corrected chi connectivity index (χ2v) is 3.65. The van der Waals surface area contributed by atoms with E-state index in [1.54, 1.807) is 6.20 Å². The molecule has 4 N–H and O–H groups in total. The fourth-order valence-corrected chi connectivity index (χ4v) is 1.59. The minimum absolute atomic E-state index is 0.000196. The molecule has 0 spiro atoms. The molecule has 94 valence electrons. The highest BCUT2D eigenvalue weighted by molar-refractivity contribution is 5.79. The zero-order valence-corrected chi connectivity index (χ0v) is 9.67. The standard InChI is InChI=1S/C10H9N9/c11-8(12)14-9-15-17-10(18-16-9)19-7-4-2-1-3-6(7)5-13-19/h1-5H,(H4,11,12,14,15,16). The lowest BCUT2D eigenvalue weighted by Crippen LogP contribution is -2.22. The van der Waals surface area contributed by atoms with Gasteiger partial charge in [-0.3, -0.25) is 0 Å². The quantitative estimate of drug-likeness (QED) is 0.466. The molecule has 0 aliphatic rings. The van der Waals surface area contributed by atoms with E-state index < -0.39 is 0 Å². The van der Waals surface area contributed by atoms with Crippen molar-refractivity contribution in [1.29, 1.82) is 0 Å². The van der Waals surface area contributed by atoms with Crippen LogP contribution in [0.2, 0.25) is 0 Å². The Bertz CT molecular complexity index is 739. The first kappa shape index (κ1) is 11.0. The van der Waals surface area contributed by atoms with Gasteiger partial charge in [-0.1, -0.05) is 18.2 Å². The van der Waals surface area contributed by atoms with Gasteiger partial charge in [-0.2, -0.15) is 14.8 Å². The number of para-hydroxylation sites is 1. The van der Waals surface area contributed by atoms with Crippen LogP contribution in [0.4, 0.5) is 5.95 Å². The van der Waals surface area contributed by atoms with Gasteiger partial charge >= 0.3 is 0 Å². The van der Waals surface area contributed by atoms with Crippen molar-refractivity contribution in [1.82, 2.24) is 30.2 Å². The van der Waals surface area contributed by atoms with Crippen molar-refractivity contribution >= 4 is 22.8 Å². The average molecular weight is 255 g/mol. The fourth-order valence-electron chi connectivity index (χ4n) is 1.59. The van der Waals surface area contributed by atoms with Crippen LogP contribution in [0.3, 0.4) is 0 Å². The molecule has 0 amide bonds. The van der Waals surface area contributed by atoms with Gasteiger partial charge in [0, 0.05) is 5.39 Å². The predicted molar refractivity (Wildman–Crippen MR) is 67.7 cm³/mol. The average Bonchev–Trinajstić information content (AvgIpc) is 2.83. The Balaban J connectivity index is 2.05. The molecule has 9 heteroatoms. The minimum atomic E-state index is -0.152. The minimum Gasteiger partial charge on any atom is -0.370 e. The summed E-state index contributed by atoms with van der Waals surface area (Å²) in [6.07, 6.45) is 1.71. The van der Waals surface area contributed by atoms with Gasteiger partial charge in [-0.15, -0.1) is 20.4 Å². The van der Waals surface area contributed by atoms with E-state index in [1.807, 2.05) is 24.3 Å². The maximum Gasteiger partial charge on any atom is 0.291 e. The molecule has 1 aromatic carbocycles. The van der Waals surface area contributed by atoms with Crippen LogP contribution in [0, 0.1) is 0 Å². The molecule has 0 aliphatic carbocycles. The molecule has 2 aromatic heterocycles. The van der Waals surface area contributed by atoms with Crippen molar-refractivity contribution in [2.45, 2.75) is 0 Å². The van der Waals surface area contributed by atoms with Gasteiger partial charge in [-0.05, 0) is 6.07 Å². The first-order valence-electron chi connectivity index (χ1n) is 5.34. The lowest BCUT2D eigenvalue weighted by atomic mass is 10.3. The summed E-state index contributed by atoms with van der Waals surface area (Å²) in [4.78, 5) is 3.64. The monoisotopic (exact) mass is 255 g/mol. The van der Waals surface area contributed by atoms with E-state index in [1.165, 1.54) is 4.68 Å². The summed E-state index contributed by atoms with van der Waals surface area (Å²) in [6, 6.07) is 7.66. The molecule has 19 heavy (non-hydrogen) atoms. The Morgan fingerprint density at radius 3 is 2.53 bits per heavy atom. The summed E-state index contributed by atoms with van der Waals surface area (Å²) < 4.78 is 1.54. The Labute approximate surface area is 107 Å². The van der Waals surface area contributed by atoms with E-state index in [0.717, 1.165) is 10.9 Å². The van der Waals surface area contributed by atoms with E-state index in [0.29, 0.717) is 0 Å². The third-order valence-electron chi connectivity index (χ3n) is 2.35. The van der Waals surface area contributed by atoms with Crippen LogP contribution in [0.25, 0.3) is 16.9 Å². The van der Waals surface area contributed by atoms with E-state index >= 15 is 0 Å². The molecular weight excluding hydrogens is 246 g/mol. The normalized spacial score (nSPS) is 10.5. The zero-order valence-electron chi connectivity index (χ0n) is 9.67. The lowest BCUT2D eigenvalue weighted by molar-refractivity contribution is 0.743. The van der Waals surface area contributed by atoms with Gasteiger partial charge < -0.3 is 11.5 Å². The highest BCUT2D eigenvalue weighted by Crippen LogP contribution is 2.14. The SMILES string of the molecule is NC(N)=Nc1nnc(-n2ncc3ccccc32)nn1. The van der Waals surface area contributed by atoms with Crippen LogP contribution in [-0.4, -0.2) is 36.1 Å². The Morgan fingerprint density at radius 1 is 1.05 bits per heavy atom. The number of nitrogens with zero attached hydrogens (tertiary/aromatic N) is 7. The smallest absolute Gasteiger partial charge is 0.291 e. The first-order valence-corrected chi connectivity index (χ1v) is 5.34. The Kier molecular flexibility index (Phi) is 2.49. The third-order valence-corrected chi connectivity index (χ3v) is 2.35. The largest absolute Gasteiger partial charge is 0.370 e. The van der Waals surface area contributed by atoms with E-state index in [-0.39, 0.29) is 17.9 Å². The van der Waals surface area contributed by atoms with Crippen LogP contribution >= 0.6 is 0 Å². The van der Waals surface area contributed by atoms with E-state index in [4.69, 9.17) is 11.5 Å². The molecule has 0 saturated carbocycles. The third kappa shape index (κ3) is 2.04. The summed E-state index contributed by atoms with van der Waals surface area (Å²) in [5.41, 5.74) is 11.3. The number of aliphatic imine (C=N–C) groups is 1. The summed E-state index contributed by atoms with van der Waals surface area (Å²) >= 11 is 0. The fraction of sp³-hybridized carbons (Fsp3) is 0. The zero-order chi connectivity index (χ0) is 13.2. The Hall–Kier alpha value is -3.10. The number of guanidine groups is 1. The molecule has 9 nitrogen and oxygen atoms in total. The summed E-state index contributed by atoms with van der Waals surface area (Å²) in [7, 11) is 0. The first-order chi connectivity index (χ1) is 9.24. The van der Waals surface area contributed by atoms with Crippen molar-refractivity contribution in [2.75, 3.05) is 0 Å². The molecule has 0 atom stereocenters. The second kappa shape index (κ2) is 4.29. The van der Waals surface area contributed by atoms with Gasteiger partial charge in [0.2, 0.25) is 0 Å². The highest BCUT2D eigenvalue weighted by atomic mass is 15.4. The molecule has 0 aliphatic heterocycles. The lowest BCUT2D eigenvalue weighted by Gasteiger charge is -1.99. The highest BCUT2D eigenvalue weighted by Gasteiger charge is 2.08. The van der Waals surface area contributed by atoms with E-state index in [2.05, 4.69) is 30.5 Å². The summed E-state index contributed by atoms with van der Waals surface area (Å²) in [5, 5.41) is 20.4. The van der Waals surface area contributed by atoms with Crippen molar-refractivity contribution in [3.63, 3.8) is 0 Å². The summed E-state index contributed by atoms with van der Waals surface area (Å²) in [6.45, 7) is 0. The summed E-state index contributed by atoms with van der Waals surface area (Å²) in [5.74, 6) is 0.0943. The second-order valence-electron chi connectivity index (χ2n) is 3.65. The number of rotatable bonds is 2. The molecule has 0 unspecified atom stereocenters. The topological polar surface area (TPSA) is 134 Å². The maximum atomic E-state index is 5.21. The van der Waals surface area contributed by atoms with Crippen molar-refractivity contribution in [3.05, 3.63) is 30.5 Å². The van der Waals surface area contributed by atoms with Gasteiger partial charge in [0.15, 0.2) is 5.96 Å². The molecule has 0 fully saturated rings. The number of nitrogens with two attached hydrogens (primary N) is 2. The van der Waals surface area contributed by atoms with E-state index in [9.17, 15) is 0 Å². The number of aromatic nitrogens is 6. The molecular formula is C10H9N9. The number of hydrogen-bond acceptors (Lipinski definition) is 6. The molecule has 2 heterocycles. The molecule has 0 saturated heterocycles. The number of hydrogen-bond donors (Lipinski definition) is 2. The van der Waals surface area contributed by atoms with Gasteiger partial charge in [0.25, 0.3) is 11.9 Å². The molecule has 0 bridgehead atoms. The van der Waals surface area contributed by atoms with Gasteiger partial charge in [0.1, 0.15) is 0 Å². The van der Waals surface area contributed by atoms with Crippen LogP contribution in [-0.2, 0) is 0 Å². The van der Waals surface area contributed by atoms with Crippen LogP contribution in [0.1, 0.15) is 0 Å².